The highest BCUT2D eigenvalue weighted by Gasteiger charge is 2.44. The number of alkyl halides is 6. The molecule has 0 bridgehead atoms. The van der Waals surface area contributed by atoms with Gasteiger partial charge in [-0.3, -0.25) is 9.59 Å². The van der Waals surface area contributed by atoms with Crippen LogP contribution in [0.2, 0.25) is 0 Å². The molecule has 3 aromatic rings. The van der Waals surface area contributed by atoms with Gasteiger partial charge in [-0.25, -0.2) is 9.37 Å². The van der Waals surface area contributed by atoms with Gasteiger partial charge in [0.15, 0.2) is 11.6 Å². The number of nitrogens with zero attached hydrogens (tertiary/aromatic N) is 3. The zero-order chi connectivity index (χ0) is 33.4. The van der Waals surface area contributed by atoms with Gasteiger partial charge < -0.3 is 24.0 Å². The summed E-state index contributed by atoms with van der Waals surface area (Å²) in [6.45, 7) is 1.83. The summed E-state index contributed by atoms with van der Waals surface area (Å²) in [4.78, 5) is 30.5. The molecular formula is C31H28F7N3O5. The molecule has 1 aromatic heterocycles. The molecule has 1 saturated heterocycles. The number of carbonyl (C=O) groups is 2. The number of hydrogen-bond donors (Lipinski definition) is 0. The third-order valence-electron chi connectivity index (χ3n) is 7.95. The largest absolute Gasteiger partial charge is 0.493 e. The van der Waals surface area contributed by atoms with Gasteiger partial charge in [-0.2, -0.15) is 26.3 Å². The van der Waals surface area contributed by atoms with E-state index in [1.807, 2.05) is 0 Å². The van der Waals surface area contributed by atoms with Crippen molar-refractivity contribution in [2.24, 2.45) is 0 Å². The zero-order valence-corrected chi connectivity index (χ0v) is 24.6. The molecule has 15 heteroatoms. The quantitative estimate of drug-likeness (QED) is 0.222. The number of anilines is 2. The second-order valence-electron chi connectivity index (χ2n) is 10.8. The Hall–Kier alpha value is -4.40. The van der Waals surface area contributed by atoms with Crippen molar-refractivity contribution in [2.45, 2.75) is 38.2 Å². The van der Waals surface area contributed by atoms with Crippen LogP contribution in [-0.2, 0) is 31.8 Å². The van der Waals surface area contributed by atoms with Crippen LogP contribution in [0.3, 0.4) is 0 Å². The van der Waals surface area contributed by atoms with Crippen molar-refractivity contribution in [1.29, 1.82) is 0 Å². The number of halogens is 7. The topological polar surface area (TPSA) is 81.2 Å². The molecule has 1 fully saturated rings. The van der Waals surface area contributed by atoms with E-state index in [1.165, 1.54) is 32.2 Å². The lowest BCUT2D eigenvalue weighted by Gasteiger charge is -2.28. The van der Waals surface area contributed by atoms with Gasteiger partial charge in [-0.05, 0) is 41.8 Å². The molecule has 0 spiro atoms. The molecule has 46 heavy (non-hydrogen) atoms. The van der Waals surface area contributed by atoms with Crippen molar-refractivity contribution in [3.05, 3.63) is 70.7 Å². The fraction of sp³-hybridized carbons (Fsp3) is 0.387. The van der Waals surface area contributed by atoms with Crippen LogP contribution >= 0.6 is 0 Å². The van der Waals surface area contributed by atoms with E-state index in [1.54, 1.807) is 4.90 Å². The van der Waals surface area contributed by atoms with Crippen LogP contribution < -0.4 is 14.5 Å². The smallest absolute Gasteiger partial charge is 0.471 e. The molecule has 0 aliphatic carbocycles. The first kappa shape index (κ1) is 33.0. The third kappa shape index (κ3) is 6.73. The number of methoxy groups -OCH3 is 1. The lowest BCUT2D eigenvalue weighted by atomic mass is 9.91. The molecule has 1 amide bonds. The molecule has 0 unspecified atom stereocenters. The lowest BCUT2D eigenvalue weighted by Crippen LogP contribution is -2.41. The van der Waals surface area contributed by atoms with Gasteiger partial charge in [0.1, 0.15) is 5.75 Å². The van der Waals surface area contributed by atoms with Gasteiger partial charge in [-0.1, -0.05) is 12.1 Å². The van der Waals surface area contributed by atoms with Gasteiger partial charge in [0.05, 0.1) is 45.5 Å². The first-order valence-electron chi connectivity index (χ1n) is 14.1. The highest BCUT2D eigenvalue weighted by Crippen LogP contribution is 2.43. The van der Waals surface area contributed by atoms with Crippen LogP contribution in [0.25, 0.3) is 11.1 Å². The van der Waals surface area contributed by atoms with Crippen molar-refractivity contribution in [1.82, 2.24) is 4.98 Å². The fourth-order valence-electron chi connectivity index (χ4n) is 5.60. The standard InChI is InChI=1S/C31H28F7N3O5/c1-17-18(3-6-23(30(33,34)35)27(17)19-11-24(32)28(39-14-19)40-7-9-45-10-8-40)15-41(29(43)31(36,37)38)21-4-5-22-20(12-26(42)44-2)16-46-25(22)13-21/h3-6,11,13-14,20H,7-10,12,15-16H2,1-2H3/t20-/m1/s1. The van der Waals surface area contributed by atoms with Gasteiger partial charge in [0.25, 0.3) is 0 Å². The first-order valence-corrected chi connectivity index (χ1v) is 14.1. The summed E-state index contributed by atoms with van der Waals surface area (Å²) in [6.07, 6.45) is -9.20. The minimum absolute atomic E-state index is 0.0373. The molecule has 2 aliphatic rings. The number of hydrogen-bond acceptors (Lipinski definition) is 7. The minimum atomic E-state index is -5.34. The van der Waals surface area contributed by atoms with Crippen LogP contribution in [0.5, 0.6) is 5.75 Å². The Balaban J connectivity index is 1.55. The van der Waals surface area contributed by atoms with Crippen molar-refractivity contribution < 1.29 is 54.5 Å². The summed E-state index contributed by atoms with van der Waals surface area (Å²) in [5.41, 5.74) is -1.75. The van der Waals surface area contributed by atoms with Gasteiger partial charge in [0, 0.05) is 48.1 Å². The molecule has 8 nitrogen and oxygen atoms in total. The molecule has 0 radical (unpaired) electrons. The number of benzene rings is 2. The molecule has 1 atom stereocenters. The Morgan fingerprint density at radius 3 is 2.41 bits per heavy atom. The Morgan fingerprint density at radius 1 is 1.07 bits per heavy atom. The van der Waals surface area contributed by atoms with Crippen molar-refractivity contribution in [3.63, 3.8) is 0 Å². The predicted molar refractivity (Wildman–Crippen MR) is 151 cm³/mol. The van der Waals surface area contributed by atoms with Gasteiger partial charge in [-0.15, -0.1) is 0 Å². The molecule has 0 saturated carbocycles. The second-order valence-corrected chi connectivity index (χ2v) is 10.8. The van der Waals surface area contributed by atoms with E-state index in [-0.39, 0.29) is 47.0 Å². The van der Waals surface area contributed by atoms with E-state index < -0.39 is 53.6 Å². The number of ether oxygens (including phenoxy) is 3. The van der Waals surface area contributed by atoms with E-state index in [0.717, 1.165) is 18.3 Å². The van der Waals surface area contributed by atoms with Crippen molar-refractivity contribution in [3.8, 4) is 16.9 Å². The number of fused-ring (bicyclic) bond motifs is 1. The Bertz CT molecular complexity index is 1640. The van der Waals surface area contributed by atoms with Crippen LogP contribution in [-0.4, -0.2) is 63.1 Å². The Labute approximate surface area is 258 Å². The number of rotatable bonds is 7. The number of morpholine rings is 1. The van der Waals surface area contributed by atoms with Gasteiger partial charge >= 0.3 is 24.2 Å². The maximum atomic E-state index is 15.2. The van der Waals surface area contributed by atoms with Crippen LogP contribution in [0.4, 0.5) is 42.2 Å². The zero-order valence-electron chi connectivity index (χ0n) is 24.6. The molecule has 0 N–H and O–H groups in total. The highest BCUT2D eigenvalue weighted by molar-refractivity contribution is 5.97. The van der Waals surface area contributed by atoms with E-state index in [2.05, 4.69) is 9.72 Å². The number of aromatic nitrogens is 1. The first-order chi connectivity index (χ1) is 21.7. The molecule has 5 rings (SSSR count). The average molecular weight is 656 g/mol. The fourth-order valence-corrected chi connectivity index (χ4v) is 5.60. The van der Waals surface area contributed by atoms with Crippen LogP contribution in [0.15, 0.2) is 42.6 Å². The van der Waals surface area contributed by atoms with Gasteiger partial charge in [0.2, 0.25) is 0 Å². The predicted octanol–water partition coefficient (Wildman–Crippen LogP) is 6.19. The molecule has 2 aliphatic heterocycles. The van der Waals surface area contributed by atoms with E-state index in [0.29, 0.717) is 42.8 Å². The van der Waals surface area contributed by atoms with E-state index >= 15 is 4.39 Å². The summed E-state index contributed by atoms with van der Waals surface area (Å²) in [5, 5.41) is 0. The molecule has 246 valence electrons. The summed E-state index contributed by atoms with van der Waals surface area (Å²) in [6, 6.07) is 6.45. The lowest BCUT2D eigenvalue weighted by molar-refractivity contribution is -0.170. The van der Waals surface area contributed by atoms with Crippen LogP contribution in [0, 0.1) is 12.7 Å². The number of pyridine rings is 1. The number of amides is 1. The average Bonchev–Trinajstić information content (AvgIpc) is 3.40. The Kier molecular flexibility index (Phi) is 9.16. The van der Waals surface area contributed by atoms with Crippen LogP contribution in [0.1, 0.15) is 34.6 Å². The number of carbonyl (C=O) groups excluding carboxylic acids is 2. The minimum Gasteiger partial charge on any atom is -0.493 e. The normalized spacial score (nSPS) is 16.5. The molecule has 3 heterocycles. The molecular weight excluding hydrogens is 627 g/mol. The van der Waals surface area contributed by atoms with Crippen molar-refractivity contribution >= 4 is 23.4 Å². The summed E-state index contributed by atoms with van der Waals surface area (Å²) < 4.78 is 115. The summed E-state index contributed by atoms with van der Waals surface area (Å²) in [7, 11) is 1.21. The highest BCUT2D eigenvalue weighted by atomic mass is 19.4. The number of esters is 1. The Morgan fingerprint density at radius 2 is 1.78 bits per heavy atom. The van der Waals surface area contributed by atoms with E-state index in [4.69, 9.17) is 9.47 Å². The SMILES string of the molecule is COC(=O)C[C@@H]1COc2cc(N(Cc3ccc(C(F)(F)F)c(-c4cnc(N5CCOCC5)c(F)c4)c3C)C(=O)C(F)(F)F)ccc21. The maximum Gasteiger partial charge on any atom is 0.471 e. The summed E-state index contributed by atoms with van der Waals surface area (Å²) in [5.74, 6) is -4.00. The second kappa shape index (κ2) is 12.8. The summed E-state index contributed by atoms with van der Waals surface area (Å²) >= 11 is 0. The maximum absolute atomic E-state index is 15.2. The third-order valence-corrected chi connectivity index (χ3v) is 7.95. The monoisotopic (exact) mass is 655 g/mol. The van der Waals surface area contributed by atoms with E-state index in [9.17, 15) is 35.9 Å². The van der Waals surface area contributed by atoms with Crippen molar-refractivity contribution in [2.75, 3.05) is 49.8 Å². The molecule has 2 aromatic carbocycles.